The number of benzene rings is 1. The van der Waals surface area contributed by atoms with E-state index in [-0.39, 0.29) is 17.8 Å². The van der Waals surface area contributed by atoms with Crippen LogP contribution in [0.5, 0.6) is 0 Å². The smallest absolute Gasteiger partial charge is 0.159 e. The SMILES string of the molecule is Cl.Fc1ccc(C(Cl)CN2CCC2)cc1F. The molecule has 90 valence electrons. The third-order valence-electron chi connectivity index (χ3n) is 2.67. The number of hydrogen-bond donors (Lipinski definition) is 0. The van der Waals surface area contributed by atoms with Crippen LogP contribution >= 0.6 is 24.0 Å². The summed E-state index contributed by atoms with van der Waals surface area (Å²) in [6.45, 7) is 2.80. The highest BCUT2D eigenvalue weighted by molar-refractivity contribution is 6.21. The molecule has 1 aromatic carbocycles. The molecule has 0 amide bonds. The second kappa shape index (κ2) is 5.80. The van der Waals surface area contributed by atoms with Crippen molar-refractivity contribution in [3.63, 3.8) is 0 Å². The van der Waals surface area contributed by atoms with Gasteiger partial charge in [0.15, 0.2) is 11.6 Å². The van der Waals surface area contributed by atoms with Gasteiger partial charge in [0.05, 0.1) is 5.38 Å². The Morgan fingerprint density at radius 2 is 1.94 bits per heavy atom. The quantitative estimate of drug-likeness (QED) is 0.760. The molecule has 0 bridgehead atoms. The van der Waals surface area contributed by atoms with Crippen molar-refractivity contribution in [1.29, 1.82) is 0 Å². The summed E-state index contributed by atoms with van der Waals surface area (Å²) in [7, 11) is 0. The Bertz CT molecular complexity index is 356. The molecular weight excluding hydrogens is 255 g/mol. The van der Waals surface area contributed by atoms with Crippen LogP contribution < -0.4 is 0 Å². The van der Waals surface area contributed by atoms with Gasteiger partial charge in [0.25, 0.3) is 0 Å². The fourth-order valence-electron chi connectivity index (χ4n) is 1.60. The van der Waals surface area contributed by atoms with Crippen LogP contribution in [-0.2, 0) is 0 Å². The summed E-state index contributed by atoms with van der Waals surface area (Å²) in [5.74, 6) is -1.66. The molecular formula is C11H13Cl2F2N. The Morgan fingerprint density at radius 1 is 1.25 bits per heavy atom. The molecule has 1 atom stereocenters. The van der Waals surface area contributed by atoms with Gasteiger partial charge in [-0.3, -0.25) is 0 Å². The highest BCUT2D eigenvalue weighted by atomic mass is 35.5. The molecule has 1 nitrogen and oxygen atoms in total. The third kappa shape index (κ3) is 3.06. The van der Waals surface area contributed by atoms with Gasteiger partial charge in [-0.25, -0.2) is 8.78 Å². The molecule has 0 N–H and O–H groups in total. The van der Waals surface area contributed by atoms with E-state index in [1.54, 1.807) is 0 Å². The summed E-state index contributed by atoms with van der Waals surface area (Å²) in [4.78, 5) is 2.19. The van der Waals surface area contributed by atoms with E-state index in [0.29, 0.717) is 12.1 Å². The van der Waals surface area contributed by atoms with E-state index in [1.807, 2.05) is 0 Å². The van der Waals surface area contributed by atoms with Crippen molar-refractivity contribution in [1.82, 2.24) is 4.90 Å². The van der Waals surface area contributed by atoms with E-state index in [2.05, 4.69) is 4.90 Å². The number of nitrogens with zero attached hydrogens (tertiary/aromatic N) is 1. The molecule has 0 saturated carbocycles. The number of likely N-dealkylation sites (tertiary alicyclic amines) is 1. The molecule has 0 aromatic heterocycles. The molecule has 1 aliphatic rings. The average molecular weight is 268 g/mol. The third-order valence-corrected chi connectivity index (χ3v) is 3.06. The van der Waals surface area contributed by atoms with Gasteiger partial charge in [0.2, 0.25) is 0 Å². The van der Waals surface area contributed by atoms with E-state index in [0.717, 1.165) is 19.2 Å². The van der Waals surface area contributed by atoms with E-state index in [1.165, 1.54) is 18.6 Å². The van der Waals surface area contributed by atoms with Gasteiger partial charge in [-0.05, 0) is 37.2 Å². The minimum Gasteiger partial charge on any atom is -0.301 e. The number of halogens is 4. The van der Waals surface area contributed by atoms with Crippen LogP contribution in [-0.4, -0.2) is 24.5 Å². The first-order valence-electron chi connectivity index (χ1n) is 4.98. The fourth-order valence-corrected chi connectivity index (χ4v) is 1.93. The Balaban J connectivity index is 0.00000128. The second-order valence-electron chi connectivity index (χ2n) is 3.80. The summed E-state index contributed by atoms with van der Waals surface area (Å²) < 4.78 is 25.6. The molecule has 2 rings (SSSR count). The normalized spacial score (nSPS) is 17.4. The van der Waals surface area contributed by atoms with Gasteiger partial charge in [0, 0.05) is 6.54 Å². The monoisotopic (exact) mass is 267 g/mol. The van der Waals surface area contributed by atoms with Crippen molar-refractivity contribution in [3.05, 3.63) is 35.4 Å². The minimum atomic E-state index is -0.832. The summed E-state index contributed by atoms with van der Waals surface area (Å²) in [5.41, 5.74) is 0.641. The first kappa shape index (κ1) is 13.7. The van der Waals surface area contributed by atoms with Gasteiger partial charge >= 0.3 is 0 Å². The van der Waals surface area contributed by atoms with Crippen molar-refractivity contribution < 1.29 is 8.78 Å². The van der Waals surface area contributed by atoms with Gasteiger partial charge < -0.3 is 4.90 Å². The molecule has 1 aromatic rings. The van der Waals surface area contributed by atoms with Crippen LogP contribution in [0.4, 0.5) is 8.78 Å². The maximum Gasteiger partial charge on any atom is 0.159 e. The summed E-state index contributed by atoms with van der Waals surface area (Å²) in [5, 5.41) is -0.264. The van der Waals surface area contributed by atoms with Gasteiger partial charge in [-0.2, -0.15) is 0 Å². The molecule has 16 heavy (non-hydrogen) atoms. The lowest BCUT2D eigenvalue weighted by molar-refractivity contribution is 0.181. The van der Waals surface area contributed by atoms with Crippen molar-refractivity contribution in [2.24, 2.45) is 0 Å². The maximum absolute atomic E-state index is 12.9. The van der Waals surface area contributed by atoms with E-state index in [9.17, 15) is 8.78 Å². The highest BCUT2D eigenvalue weighted by Crippen LogP contribution is 2.24. The van der Waals surface area contributed by atoms with Crippen LogP contribution in [0.25, 0.3) is 0 Å². The minimum absolute atomic E-state index is 0. The Morgan fingerprint density at radius 3 is 2.44 bits per heavy atom. The number of alkyl halides is 1. The van der Waals surface area contributed by atoms with E-state index >= 15 is 0 Å². The molecule has 5 heteroatoms. The largest absolute Gasteiger partial charge is 0.301 e. The molecule has 1 aliphatic heterocycles. The number of rotatable bonds is 3. The lowest BCUT2D eigenvalue weighted by atomic mass is 10.1. The van der Waals surface area contributed by atoms with Crippen molar-refractivity contribution in [2.75, 3.05) is 19.6 Å². The van der Waals surface area contributed by atoms with Crippen LogP contribution in [0.2, 0.25) is 0 Å². The predicted molar refractivity (Wildman–Crippen MR) is 63.3 cm³/mol. The zero-order valence-electron chi connectivity index (χ0n) is 8.63. The van der Waals surface area contributed by atoms with Crippen molar-refractivity contribution >= 4 is 24.0 Å². The highest BCUT2D eigenvalue weighted by Gasteiger charge is 2.19. The van der Waals surface area contributed by atoms with Crippen molar-refractivity contribution in [3.8, 4) is 0 Å². The molecule has 1 fully saturated rings. The Hall–Kier alpha value is -0.380. The van der Waals surface area contributed by atoms with E-state index in [4.69, 9.17) is 11.6 Å². The zero-order valence-corrected chi connectivity index (χ0v) is 10.2. The maximum atomic E-state index is 12.9. The van der Waals surface area contributed by atoms with Crippen LogP contribution in [0.15, 0.2) is 18.2 Å². The molecule has 0 aliphatic carbocycles. The molecule has 1 saturated heterocycles. The summed E-state index contributed by atoms with van der Waals surface area (Å²) in [6, 6.07) is 3.83. The summed E-state index contributed by atoms with van der Waals surface area (Å²) in [6.07, 6.45) is 1.20. The predicted octanol–water partition coefficient (Wildman–Crippen LogP) is 3.37. The fraction of sp³-hybridized carbons (Fsp3) is 0.455. The van der Waals surface area contributed by atoms with Gasteiger partial charge in [0.1, 0.15) is 0 Å². The first-order valence-corrected chi connectivity index (χ1v) is 5.42. The van der Waals surface area contributed by atoms with Gasteiger partial charge in [-0.15, -0.1) is 24.0 Å². The second-order valence-corrected chi connectivity index (χ2v) is 4.32. The lowest BCUT2D eigenvalue weighted by Crippen LogP contribution is -2.39. The molecule has 1 unspecified atom stereocenters. The zero-order chi connectivity index (χ0) is 10.8. The Labute approximate surface area is 105 Å². The molecule has 0 spiro atoms. The average Bonchev–Trinajstić information content (AvgIpc) is 2.15. The van der Waals surface area contributed by atoms with E-state index < -0.39 is 11.6 Å². The van der Waals surface area contributed by atoms with Crippen LogP contribution in [0.1, 0.15) is 17.4 Å². The number of hydrogen-bond acceptors (Lipinski definition) is 1. The van der Waals surface area contributed by atoms with Crippen molar-refractivity contribution in [2.45, 2.75) is 11.8 Å². The molecule has 1 heterocycles. The lowest BCUT2D eigenvalue weighted by Gasteiger charge is -2.32. The summed E-state index contributed by atoms with van der Waals surface area (Å²) >= 11 is 6.11. The van der Waals surface area contributed by atoms with Crippen LogP contribution in [0, 0.1) is 11.6 Å². The Kier molecular flexibility index (Phi) is 4.96. The molecule has 0 radical (unpaired) electrons. The first-order chi connectivity index (χ1) is 7.16. The van der Waals surface area contributed by atoms with Crippen LogP contribution in [0.3, 0.4) is 0 Å². The topological polar surface area (TPSA) is 3.24 Å². The standard InChI is InChI=1S/C11H12ClF2N.ClH/c12-9(7-15-4-1-5-15)8-2-3-10(13)11(14)6-8;/h2-3,6,9H,1,4-5,7H2;1H. The van der Waals surface area contributed by atoms with Gasteiger partial charge in [-0.1, -0.05) is 6.07 Å².